The number of amides is 1. The van der Waals surface area contributed by atoms with Gasteiger partial charge in [-0.3, -0.25) is 4.79 Å². The van der Waals surface area contributed by atoms with Gasteiger partial charge in [0, 0.05) is 25.0 Å². The van der Waals surface area contributed by atoms with Gasteiger partial charge in [-0.05, 0) is 50.9 Å². The van der Waals surface area contributed by atoms with Crippen LogP contribution in [0.15, 0.2) is 0 Å². The smallest absolute Gasteiger partial charge is 0.225 e. The van der Waals surface area contributed by atoms with Gasteiger partial charge in [-0.15, -0.1) is 0 Å². The molecular weight excluding hydrogens is 288 g/mol. The van der Waals surface area contributed by atoms with Gasteiger partial charge in [-0.2, -0.15) is 0 Å². The molecule has 0 aromatic rings. The van der Waals surface area contributed by atoms with Gasteiger partial charge in [0.15, 0.2) is 0 Å². The maximum Gasteiger partial charge on any atom is 0.225 e. The Morgan fingerprint density at radius 3 is 2.38 bits per heavy atom. The van der Waals surface area contributed by atoms with E-state index < -0.39 is 10.0 Å². The van der Waals surface area contributed by atoms with Gasteiger partial charge >= 0.3 is 0 Å². The quantitative estimate of drug-likeness (QED) is 0.852. The molecule has 2 bridgehead atoms. The lowest BCUT2D eigenvalue weighted by Gasteiger charge is -2.35. The van der Waals surface area contributed by atoms with Crippen molar-refractivity contribution in [2.24, 2.45) is 17.8 Å². The summed E-state index contributed by atoms with van der Waals surface area (Å²) in [5, 5.41) is 0. The molecule has 0 unspecified atom stereocenters. The summed E-state index contributed by atoms with van der Waals surface area (Å²) in [6.07, 6.45) is 6.37. The van der Waals surface area contributed by atoms with Gasteiger partial charge in [0.25, 0.3) is 0 Å². The summed E-state index contributed by atoms with van der Waals surface area (Å²) >= 11 is 0. The number of sulfonamides is 1. The monoisotopic (exact) mass is 314 g/mol. The van der Waals surface area contributed by atoms with Crippen LogP contribution >= 0.6 is 0 Å². The fourth-order valence-electron chi connectivity index (χ4n) is 4.34. The fourth-order valence-corrected chi connectivity index (χ4v) is 5.25. The third-order valence-electron chi connectivity index (χ3n) is 5.59. The van der Waals surface area contributed by atoms with Crippen molar-refractivity contribution in [3.8, 4) is 0 Å². The first kappa shape index (κ1) is 15.3. The molecule has 2 aliphatic carbocycles. The van der Waals surface area contributed by atoms with Crippen LogP contribution in [-0.4, -0.2) is 44.1 Å². The summed E-state index contributed by atoms with van der Waals surface area (Å²) in [5.41, 5.74) is 0. The summed E-state index contributed by atoms with van der Waals surface area (Å²) in [5.74, 6) is 2.13. The molecule has 5 nitrogen and oxygen atoms in total. The standard InChI is InChI=1S/C15H26N2O3S/c1-2-21(19,20)16-13-5-7-17(8-6-13)15(18)14-10-11-3-4-12(14)9-11/h11-14,16H,2-10H2,1H3/t11-,12-,14-/m0/s1. The molecule has 3 fully saturated rings. The van der Waals surface area contributed by atoms with Gasteiger partial charge in [0.2, 0.25) is 15.9 Å². The molecule has 0 aromatic carbocycles. The number of rotatable bonds is 4. The third kappa shape index (κ3) is 3.26. The van der Waals surface area contributed by atoms with E-state index >= 15 is 0 Å². The summed E-state index contributed by atoms with van der Waals surface area (Å²) in [6.45, 7) is 3.05. The first-order chi connectivity index (χ1) is 9.98. The highest BCUT2D eigenvalue weighted by molar-refractivity contribution is 7.89. The van der Waals surface area contributed by atoms with Crippen LogP contribution in [-0.2, 0) is 14.8 Å². The summed E-state index contributed by atoms with van der Waals surface area (Å²) in [7, 11) is -3.13. The molecule has 1 aliphatic heterocycles. The number of hydrogen-bond donors (Lipinski definition) is 1. The number of carbonyl (C=O) groups is 1. The molecule has 0 spiro atoms. The zero-order valence-corrected chi connectivity index (χ0v) is 13.6. The number of hydrogen-bond acceptors (Lipinski definition) is 3. The zero-order chi connectivity index (χ0) is 15.0. The molecule has 1 heterocycles. The van der Waals surface area contributed by atoms with Crippen LogP contribution in [0.2, 0.25) is 0 Å². The Labute approximate surface area is 127 Å². The largest absolute Gasteiger partial charge is 0.342 e. The van der Waals surface area contributed by atoms with E-state index in [9.17, 15) is 13.2 Å². The molecule has 2 saturated carbocycles. The molecule has 6 heteroatoms. The lowest BCUT2D eigenvalue weighted by Crippen LogP contribution is -2.48. The maximum atomic E-state index is 12.6. The Balaban J connectivity index is 1.50. The van der Waals surface area contributed by atoms with Crippen LogP contribution in [0.3, 0.4) is 0 Å². The minimum Gasteiger partial charge on any atom is -0.342 e. The summed E-state index contributed by atoms with van der Waals surface area (Å²) in [6, 6.07) is -0.000899. The second kappa shape index (κ2) is 5.88. The fraction of sp³-hybridized carbons (Fsp3) is 0.933. The summed E-state index contributed by atoms with van der Waals surface area (Å²) < 4.78 is 25.9. The van der Waals surface area contributed by atoms with Crippen molar-refractivity contribution < 1.29 is 13.2 Å². The molecule has 1 amide bonds. The van der Waals surface area contributed by atoms with E-state index in [0.717, 1.165) is 25.2 Å². The molecular formula is C15H26N2O3S. The van der Waals surface area contributed by atoms with Crippen molar-refractivity contribution in [1.82, 2.24) is 9.62 Å². The van der Waals surface area contributed by atoms with Crippen molar-refractivity contribution in [3.05, 3.63) is 0 Å². The van der Waals surface area contributed by atoms with Crippen LogP contribution in [0.25, 0.3) is 0 Å². The highest BCUT2D eigenvalue weighted by Crippen LogP contribution is 2.49. The van der Waals surface area contributed by atoms with Gasteiger partial charge in [0.05, 0.1) is 5.75 Å². The van der Waals surface area contributed by atoms with Gasteiger partial charge in [0.1, 0.15) is 0 Å². The van der Waals surface area contributed by atoms with E-state index in [1.807, 2.05) is 4.90 Å². The molecule has 3 rings (SSSR count). The van der Waals surface area contributed by atoms with E-state index in [1.54, 1.807) is 6.92 Å². The van der Waals surface area contributed by atoms with Gasteiger partial charge in [-0.25, -0.2) is 13.1 Å². The molecule has 3 atom stereocenters. The van der Waals surface area contributed by atoms with Crippen LogP contribution in [0.5, 0.6) is 0 Å². The number of fused-ring (bicyclic) bond motifs is 2. The first-order valence-corrected chi connectivity index (χ1v) is 9.92. The third-order valence-corrected chi connectivity index (χ3v) is 7.04. The van der Waals surface area contributed by atoms with Crippen molar-refractivity contribution >= 4 is 15.9 Å². The Morgan fingerprint density at radius 2 is 1.86 bits per heavy atom. The van der Waals surface area contributed by atoms with Crippen LogP contribution in [0.4, 0.5) is 0 Å². The number of nitrogens with zero attached hydrogens (tertiary/aromatic N) is 1. The second-order valence-electron chi connectivity index (χ2n) is 6.90. The number of piperidine rings is 1. The van der Waals surface area contributed by atoms with Crippen molar-refractivity contribution in [1.29, 1.82) is 0 Å². The Hall–Kier alpha value is -0.620. The van der Waals surface area contributed by atoms with Crippen LogP contribution < -0.4 is 4.72 Å². The molecule has 3 aliphatic rings. The zero-order valence-electron chi connectivity index (χ0n) is 12.8. The first-order valence-electron chi connectivity index (χ1n) is 8.27. The molecule has 0 aromatic heterocycles. The average molecular weight is 314 g/mol. The molecule has 1 saturated heterocycles. The van der Waals surface area contributed by atoms with Gasteiger partial charge in [-0.1, -0.05) is 6.42 Å². The summed E-state index contributed by atoms with van der Waals surface area (Å²) in [4.78, 5) is 14.6. The Kier molecular flexibility index (Phi) is 4.28. The molecule has 120 valence electrons. The maximum absolute atomic E-state index is 12.6. The molecule has 21 heavy (non-hydrogen) atoms. The minimum absolute atomic E-state index is 0.000899. The van der Waals surface area contributed by atoms with Gasteiger partial charge < -0.3 is 4.90 Å². The van der Waals surface area contributed by atoms with E-state index in [1.165, 1.54) is 19.3 Å². The Bertz CT molecular complexity index is 497. The lowest BCUT2D eigenvalue weighted by molar-refractivity contribution is -0.138. The van der Waals surface area contributed by atoms with E-state index in [4.69, 9.17) is 0 Å². The van der Waals surface area contributed by atoms with E-state index in [0.29, 0.717) is 24.9 Å². The minimum atomic E-state index is -3.13. The van der Waals surface area contributed by atoms with Crippen LogP contribution in [0, 0.1) is 17.8 Å². The lowest BCUT2D eigenvalue weighted by atomic mass is 9.87. The topological polar surface area (TPSA) is 66.5 Å². The highest BCUT2D eigenvalue weighted by atomic mass is 32.2. The van der Waals surface area contributed by atoms with Crippen molar-refractivity contribution in [2.45, 2.75) is 51.5 Å². The molecule has 1 N–H and O–H groups in total. The number of carbonyl (C=O) groups excluding carboxylic acids is 1. The van der Waals surface area contributed by atoms with E-state index in [-0.39, 0.29) is 17.7 Å². The van der Waals surface area contributed by atoms with Crippen LogP contribution in [0.1, 0.15) is 45.4 Å². The predicted molar refractivity (Wildman–Crippen MR) is 81.1 cm³/mol. The highest BCUT2D eigenvalue weighted by Gasteiger charge is 2.44. The average Bonchev–Trinajstić information content (AvgIpc) is 3.10. The Morgan fingerprint density at radius 1 is 1.14 bits per heavy atom. The normalized spacial score (nSPS) is 33.6. The number of likely N-dealkylation sites (tertiary alicyclic amines) is 1. The predicted octanol–water partition coefficient (Wildman–Crippen LogP) is 1.35. The van der Waals surface area contributed by atoms with Crippen molar-refractivity contribution in [2.75, 3.05) is 18.8 Å². The molecule has 0 radical (unpaired) electrons. The SMILES string of the molecule is CCS(=O)(=O)NC1CCN(C(=O)[C@H]2C[C@H]3CC[C@H]2C3)CC1. The second-order valence-corrected chi connectivity index (χ2v) is 8.94. The van der Waals surface area contributed by atoms with E-state index in [2.05, 4.69) is 4.72 Å². The van der Waals surface area contributed by atoms with Crippen molar-refractivity contribution in [3.63, 3.8) is 0 Å². The number of nitrogens with one attached hydrogen (secondary N) is 1.